The topological polar surface area (TPSA) is 90.2 Å². The molecule has 0 heterocycles. The fraction of sp³-hybridized carbons (Fsp3) is 0.333. The van der Waals surface area contributed by atoms with Gasteiger partial charge >= 0.3 is 94.1 Å². The SMILES string of the molecule is COc1cc[c]([Co+])cc1C(O)C(O)(O)O. The molecule has 15 heavy (non-hydrogen) atoms. The van der Waals surface area contributed by atoms with Crippen LogP contribution in [0.2, 0.25) is 0 Å². The predicted molar refractivity (Wildman–Crippen MR) is 47.0 cm³/mol. The fourth-order valence-electron chi connectivity index (χ4n) is 1.12. The molecule has 1 rings (SSSR count). The van der Waals surface area contributed by atoms with Crippen molar-refractivity contribution in [3.8, 4) is 5.75 Å². The second-order valence-electron chi connectivity index (χ2n) is 2.95. The minimum atomic E-state index is -3.21. The van der Waals surface area contributed by atoms with Crippen molar-refractivity contribution in [3.05, 3.63) is 23.8 Å². The Morgan fingerprint density at radius 1 is 1.33 bits per heavy atom. The van der Waals surface area contributed by atoms with Crippen molar-refractivity contribution < 1.29 is 40.9 Å². The second kappa shape index (κ2) is 4.48. The molecule has 0 aliphatic carbocycles. The quantitative estimate of drug-likeness (QED) is 0.497. The van der Waals surface area contributed by atoms with Crippen molar-refractivity contribution in [3.63, 3.8) is 0 Å². The number of hydrogen-bond donors (Lipinski definition) is 4. The first-order valence-corrected chi connectivity index (χ1v) is 4.54. The summed E-state index contributed by atoms with van der Waals surface area (Å²) in [5.41, 5.74) is 0.0376. The average molecular weight is 258 g/mol. The molecule has 0 aromatic heterocycles. The second-order valence-corrected chi connectivity index (χ2v) is 3.55. The van der Waals surface area contributed by atoms with E-state index in [0.29, 0.717) is 4.50 Å². The average Bonchev–Trinajstić information content (AvgIpc) is 2.15. The predicted octanol–water partition coefficient (Wildman–Crippen LogP) is -1.47. The zero-order valence-electron chi connectivity index (χ0n) is 7.84. The van der Waals surface area contributed by atoms with Crippen LogP contribution in [0.15, 0.2) is 18.2 Å². The maximum atomic E-state index is 9.43. The van der Waals surface area contributed by atoms with Gasteiger partial charge in [-0.3, -0.25) is 0 Å². The first-order chi connectivity index (χ1) is 6.86. The van der Waals surface area contributed by atoms with Crippen LogP contribution in [0.3, 0.4) is 0 Å². The molecule has 0 saturated heterocycles. The van der Waals surface area contributed by atoms with Crippen LogP contribution in [-0.4, -0.2) is 33.5 Å². The van der Waals surface area contributed by atoms with E-state index in [4.69, 9.17) is 20.1 Å². The van der Waals surface area contributed by atoms with Crippen molar-refractivity contribution in [2.75, 3.05) is 7.11 Å². The van der Waals surface area contributed by atoms with Gasteiger partial charge in [-0.05, 0) is 0 Å². The van der Waals surface area contributed by atoms with Crippen LogP contribution >= 0.6 is 0 Å². The van der Waals surface area contributed by atoms with E-state index >= 15 is 0 Å². The summed E-state index contributed by atoms with van der Waals surface area (Å²) in [5.74, 6) is -2.99. The van der Waals surface area contributed by atoms with Gasteiger partial charge in [0.1, 0.15) is 0 Å². The van der Waals surface area contributed by atoms with Gasteiger partial charge in [0.05, 0.1) is 0 Å². The van der Waals surface area contributed by atoms with Gasteiger partial charge in [0, 0.05) is 0 Å². The third-order valence-corrected chi connectivity index (χ3v) is 2.16. The molecule has 0 radical (unpaired) electrons. The number of aliphatic hydroxyl groups excluding tert-OH is 1. The van der Waals surface area contributed by atoms with Crippen LogP contribution in [0.4, 0.5) is 0 Å². The maximum absolute atomic E-state index is 9.43. The third kappa shape index (κ3) is 2.91. The van der Waals surface area contributed by atoms with E-state index in [9.17, 15) is 5.11 Å². The van der Waals surface area contributed by atoms with Gasteiger partial charge in [-0.15, -0.1) is 0 Å². The zero-order chi connectivity index (χ0) is 11.6. The van der Waals surface area contributed by atoms with Gasteiger partial charge in [0.15, 0.2) is 0 Å². The summed E-state index contributed by atoms with van der Waals surface area (Å²) in [4.78, 5) is 0. The molecule has 0 bridgehead atoms. The number of rotatable bonds is 3. The molecular weight excluding hydrogens is 247 g/mol. The van der Waals surface area contributed by atoms with Crippen LogP contribution in [0.1, 0.15) is 11.7 Å². The molecule has 85 valence electrons. The summed E-state index contributed by atoms with van der Waals surface area (Å²) >= 11 is 4.07. The molecule has 1 aromatic carbocycles. The summed E-state index contributed by atoms with van der Waals surface area (Å²) < 4.78 is 5.38. The van der Waals surface area contributed by atoms with E-state index in [0.717, 1.165) is 0 Å². The van der Waals surface area contributed by atoms with E-state index < -0.39 is 12.1 Å². The van der Waals surface area contributed by atoms with Crippen LogP contribution in [0, 0.1) is 0 Å². The molecule has 0 aliphatic rings. The first-order valence-electron chi connectivity index (χ1n) is 4.02. The Labute approximate surface area is 94.5 Å². The monoisotopic (exact) mass is 258 g/mol. The van der Waals surface area contributed by atoms with Crippen molar-refractivity contribution in [2.45, 2.75) is 12.1 Å². The summed E-state index contributed by atoms with van der Waals surface area (Å²) in [5, 5.41) is 35.9. The zero-order valence-corrected chi connectivity index (χ0v) is 8.88. The number of benzene rings is 1. The first kappa shape index (κ1) is 12.4. The summed E-state index contributed by atoms with van der Waals surface area (Å²) in [6, 6.07) is 4.45. The van der Waals surface area contributed by atoms with Gasteiger partial charge in [-0.2, -0.15) is 0 Å². The van der Waals surface area contributed by atoms with Crippen LogP contribution < -0.4 is 9.23 Å². The molecule has 6 heteroatoms. The molecule has 1 atom stereocenters. The molecule has 0 amide bonds. The van der Waals surface area contributed by atoms with Crippen LogP contribution in [0.25, 0.3) is 0 Å². The number of ether oxygens (including phenoxy) is 1. The van der Waals surface area contributed by atoms with Crippen molar-refractivity contribution in [2.24, 2.45) is 0 Å². The standard InChI is InChI=1S/C9H11O5.Co/c1-14-7-5-3-2-4-6(7)8(10)9(11,12)13;/h3-5,8,10-13H,1H3;/q;+1. The van der Waals surface area contributed by atoms with E-state index in [1.165, 1.54) is 19.2 Å². The molecule has 0 saturated carbocycles. The van der Waals surface area contributed by atoms with E-state index in [-0.39, 0.29) is 11.3 Å². The van der Waals surface area contributed by atoms with Gasteiger partial charge in [0.2, 0.25) is 0 Å². The fourth-order valence-corrected chi connectivity index (χ4v) is 1.37. The molecule has 1 unspecified atom stereocenters. The molecule has 0 fully saturated rings. The van der Waals surface area contributed by atoms with Crippen LogP contribution in [-0.2, 0) is 15.7 Å². The van der Waals surface area contributed by atoms with Gasteiger partial charge < -0.3 is 0 Å². The Hall–Kier alpha value is -0.634. The molecule has 4 N–H and O–H groups in total. The van der Waals surface area contributed by atoms with Gasteiger partial charge in [0.25, 0.3) is 0 Å². The Morgan fingerprint density at radius 3 is 2.40 bits per heavy atom. The molecule has 1 aromatic rings. The Kier molecular flexibility index (Phi) is 3.71. The number of hydrogen-bond acceptors (Lipinski definition) is 5. The summed E-state index contributed by atoms with van der Waals surface area (Å²) in [6.07, 6.45) is -1.89. The molecule has 0 aliphatic heterocycles. The Morgan fingerprint density at radius 2 is 1.93 bits per heavy atom. The normalized spacial score (nSPS) is 13.7. The summed E-state index contributed by atoms with van der Waals surface area (Å²) in [6.45, 7) is 0. The van der Waals surface area contributed by atoms with Crippen molar-refractivity contribution in [1.29, 1.82) is 0 Å². The minimum absolute atomic E-state index is 0.0376. The van der Waals surface area contributed by atoms with Gasteiger partial charge in [-0.1, -0.05) is 0 Å². The molecular formula is C9H11CoO5+. The Balaban J connectivity index is 3.17. The van der Waals surface area contributed by atoms with Crippen molar-refractivity contribution in [1.82, 2.24) is 0 Å². The van der Waals surface area contributed by atoms with E-state index in [2.05, 4.69) is 15.7 Å². The number of methoxy groups -OCH3 is 1. The van der Waals surface area contributed by atoms with E-state index in [1.807, 2.05) is 0 Å². The van der Waals surface area contributed by atoms with Crippen molar-refractivity contribution >= 4 is 4.50 Å². The Bertz CT molecular complexity index is 347. The summed E-state index contributed by atoms with van der Waals surface area (Å²) in [7, 11) is 1.36. The third-order valence-electron chi connectivity index (χ3n) is 1.84. The van der Waals surface area contributed by atoms with E-state index in [1.54, 1.807) is 6.07 Å². The van der Waals surface area contributed by atoms with Gasteiger partial charge in [-0.25, -0.2) is 0 Å². The number of aliphatic hydroxyl groups is 4. The molecule has 5 nitrogen and oxygen atoms in total. The molecule has 0 spiro atoms. The van der Waals surface area contributed by atoms with Crippen LogP contribution in [0.5, 0.6) is 5.75 Å².